The highest BCUT2D eigenvalue weighted by atomic mass is 35.5. The summed E-state index contributed by atoms with van der Waals surface area (Å²) in [6.45, 7) is 2.42. The molecule has 0 spiro atoms. The van der Waals surface area contributed by atoms with Gasteiger partial charge in [0.15, 0.2) is 11.4 Å². The van der Waals surface area contributed by atoms with Crippen molar-refractivity contribution in [2.75, 3.05) is 11.4 Å². The third kappa shape index (κ3) is 2.70. The summed E-state index contributed by atoms with van der Waals surface area (Å²) in [4.78, 5) is 30.7. The summed E-state index contributed by atoms with van der Waals surface area (Å²) in [6.07, 6.45) is 3.41. The number of hydrogen-bond acceptors (Lipinski definition) is 4. The third-order valence-corrected chi connectivity index (χ3v) is 4.39. The number of aliphatic hydroxyl groups is 1. The maximum absolute atomic E-state index is 12.8. The van der Waals surface area contributed by atoms with Gasteiger partial charge in [-0.2, -0.15) is 0 Å². The van der Waals surface area contributed by atoms with Crippen LogP contribution in [0.25, 0.3) is 0 Å². The summed E-state index contributed by atoms with van der Waals surface area (Å²) in [5.74, 6) is -0.804. The summed E-state index contributed by atoms with van der Waals surface area (Å²) in [5.41, 5.74) is -0.494. The van der Waals surface area contributed by atoms with Crippen molar-refractivity contribution in [2.45, 2.75) is 25.4 Å². The van der Waals surface area contributed by atoms with Crippen molar-refractivity contribution in [3.8, 4) is 0 Å². The Kier molecular flexibility index (Phi) is 4.39. The highest BCUT2D eigenvalue weighted by molar-refractivity contribution is 6.31. The van der Waals surface area contributed by atoms with E-state index >= 15 is 0 Å². The van der Waals surface area contributed by atoms with Crippen LogP contribution in [0.15, 0.2) is 42.7 Å². The van der Waals surface area contributed by atoms with Crippen molar-refractivity contribution in [1.82, 2.24) is 4.98 Å². The number of aromatic nitrogens is 1. The normalized spacial score (nSPS) is 19.5. The molecule has 6 heteroatoms. The van der Waals surface area contributed by atoms with Crippen LogP contribution in [0.5, 0.6) is 0 Å². The molecule has 0 unspecified atom stereocenters. The number of ketones is 1. The fourth-order valence-electron chi connectivity index (χ4n) is 3.01. The van der Waals surface area contributed by atoms with E-state index in [0.29, 0.717) is 28.4 Å². The number of benzene rings is 1. The zero-order valence-corrected chi connectivity index (χ0v) is 14.0. The summed E-state index contributed by atoms with van der Waals surface area (Å²) in [7, 11) is 0. The number of anilines is 1. The van der Waals surface area contributed by atoms with Gasteiger partial charge in [-0.1, -0.05) is 18.5 Å². The quantitative estimate of drug-likeness (QED) is 0.846. The monoisotopic (exact) mass is 344 g/mol. The van der Waals surface area contributed by atoms with Crippen molar-refractivity contribution in [3.63, 3.8) is 0 Å². The van der Waals surface area contributed by atoms with Crippen LogP contribution >= 0.6 is 11.6 Å². The number of fused-ring (bicyclic) bond motifs is 1. The van der Waals surface area contributed by atoms with Gasteiger partial charge in [-0.25, -0.2) is 0 Å². The lowest BCUT2D eigenvalue weighted by Gasteiger charge is -2.22. The lowest BCUT2D eigenvalue weighted by molar-refractivity contribution is -0.135. The van der Waals surface area contributed by atoms with Crippen molar-refractivity contribution in [2.24, 2.45) is 0 Å². The van der Waals surface area contributed by atoms with Gasteiger partial charge < -0.3 is 10.0 Å². The molecule has 2 heterocycles. The summed E-state index contributed by atoms with van der Waals surface area (Å²) >= 11 is 6.04. The van der Waals surface area contributed by atoms with Gasteiger partial charge in [0, 0.05) is 35.1 Å². The predicted octanol–water partition coefficient (Wildman–Crippen LogP) is 2.95. The van der Waals surface area contributed by atoms with Crippen LogP contribution in [-0.2, 0) is 10.4 Å². The van der Waals surface area contributed by atoms with Crippen LogP contribution < -0.4 is 4.90 Å². The van der Waals surface area contributed by atoms with Crippen molar-refractivity contribution >= 4 is 29.0 Å². The van der Waals surface area contributed by atoms with E-state index in [-0.39, 0.29) is 12.2 Å². The lowest BCUT2D eigenvalue weighted by Crippen LogP contribution is -2.42. The molecule has 2 aromatic rings. The summed E-state index contributed by atoms with van der Waals surface area (Å²) in [6, 6.07) is 8.07. The number of carbonyl (C=O) groups is 2. The summed E-state index contributed by atoms with van der Waals surface area (Å²) in [5, 5.41) is 11.5. The fraction of sp³-hybridized carbons (Fsp3) is 0.278. The number of amides is 1. The molecule has 1 atom stereocenters. The number of halogens is 1. The molecule has 0 radical (unpaired) electrons. The molecule has 124 valence electrons. The van der Waals surface area contributed by atoms with Crippen molar-refractivity contribution in [1.29, 1.82) is 0 Å². The van der Waals surface area contributed by atoms with E-state index in [1.165, 1.54) is 17.3 Å². The zero-order chi connectivity index (χ0) is 17.3. The lowest BCUT2D eigenvalue weighted by atomic mass is 9.88. The number of carbonyl (C=O) groups excluding carboxylic acids is 2. The van der Waals surface area contributed by atoms with Gasteiger partial charge >= 0.3 is 0 Å². The minimum absolute atomic E-state index is 0.322. The molecule has 1 aromatic heterocycles. The smallest absolute Gasteiger partial charge is 0.264 e. The first-order valence-electron chi connectivity index (χ1n) is 7.75. The van der Waals surface area contributed by atoms with Gasteiger partial charge in [-0.15, -0.1) is 0 Å². The molecular formula is C18H17ClN2O3. The Labute approximate surface area is 144 Å². The van der Waals surface area contributed by atoms with E-state index in [2.05, 4.69) is 4.98 Å². The number of nitrogens with zero attached hydrogens (tertiary/aromatic N) is 2. The zero-order valence-electron chi connectivity index (χ0n) is 13.2. The Bertz CT molecular complexity index is 794. The van der Waals surface area contributed by atoms with Crippen LogP contribution in [0.1, 0.15) is 35.7 Å². The molecule has 0 aliphatic carbocycles. The van der Waals surface area contributed by atoms with Gasteiger partial charge in [0.2, 0.25) is 0 Å². The Hall–Kier alpha value is -2.24. The van der Waals surface area contributed by atoms with E-state index in [0.717, 1.165) is 6.42 Å². The van der Waals surface area contributed by atoms with Crippen molar-refractivity contribution < 1.29 is 14.7 Å². The standard InChI is InChI=1S/C18H17ClN2O3/c1-2-9-21-15-4-3-13(19)10-14(15)18(24,17(21)23)11-16(22)12-5-7-20-8-6-12/h3-8,10,24H,2,9,11H2,1H3/t18-/m0/s1. The van der Waals surface area contributed by atoms with E-state index in [1.807, 2.05) is 6.92 Å². The molecular weight excluding hydrogens is 328 g/mol. The largest absolute Gasteiger partial charge is 0.375 e. The molecule has 0 saturated heterocycles. The van der Waals surface area contributed by atoms with Crippen molar-refractivity contribution in [3.05, 3.63) is 58.9 Å². The number of rotatable bonds is 5. The first kappa shape index (κ1) is 16.6. The maximum atomic E-state index is 12.8. The van der Waals surface area contributed by atoms with Gasteiger partial charge in [-0.3, -0.25) is 14.6 Å². The Morgan fingerprint density at radius 3 is 2.67 bits per heavy atom. The highest BCUT2D eigenvalue weighted by Gasteiger charge is 2.50. The first-order valence-corrected chi connectivity index (χ1v) is 8.12. The molecule has 1 N–H and O–H groups in total. The minimum Gasteiger partial charge on any atom is -0.375 e. The summed E-state index contributed by atoms with van der Waals surface area (Å²) < 4.78 is 0. The molecule has 0 bridgehead atoms. The second-order valence-electron chi connectivity index (χ2n) is 5.81. The number of pyridine rings is 1. The highest BCUT2D eigenvalue weighted by Crippen LogP contribution is 2.44. The fourth-order valence-corrected chi connectivity index (χ4v) is 3.18. The van der Waals surface area contributed by atoms with Crippen LogP contribution in [0, 0.1) is 0 Å². The van der Waals surface area contributed by atoms with Gasteiger partial charge in [0.1, 0.15) is 0 Å². The van der Waals surface area contributed by atoms with E-state index in [1.54, 1.807) is 30.3 Å². The molecule has 1 amide bonds. The topological polar surface area (TPSA) is 70.5 Å². The third-order valence-electron chi connectivity index (χ3n) is 4.16. The van der Waals surface area contributed by atoms with Crippen LogP contribution in [0.3, 0.4) is 0 Å². The molecule has 0 fully saturated rings. The second-order valence-corrected chi connectivity index (χ2v) is 6.25. The van der Waals surface area contributed by atoms with Gasteiger partial charge in [-0.05, 0) is 36.8 Å². The van der Waals surface area contributed by atoms with Crippen LogP contribution in [0.4, 0.5) is 5.69 Å². The average Bonchev–Trinajstić information content (AvgIpc) is 2.78. The number of hydrogen-bond donors (Lipinski definition) is 1. The Morgan fingerprint density at radius 2 is 2.00 bits per heavy atom. The SMILES string of the molecule is CCCN1C(=O)[C@](O)(CC(=O)c2ccncc2)c2cc(Cl)ccc21. The van der Waals surface area contributed by atoms with E-state index in [4.69, 9.17) is 11.6 Å². The van der Waals surface area contributed by atoms with Crippen LogP contribution in [0.2, 0.25) is 5.02 Å². The Balaban J connectivity index is 2.01. The molecule has 1 aliphatic rings. The van der Waals surface area contributed by atoms with Gasteiger partial charge in [0.05, 0.1) is 12.1 Å². The molecule has 5 nitrogen and oxygen atoms in total. The van der Waals surface area contributed by atoms with Gasteiger partial charge in [0.25, 0.3) is 5.91 Å². The maximum Gasteiger partial charge on any atom is 0.264 e. The minimum atomic E-state index is -1.89. The molecule has 3 rings (SSSR count). The molecule has 1 aromatic carbocycles. The van der Waals surface area contributed by atoms with E-state index < -0.39 is 11.5 Å². The second kappa shape index (κ2) is 6.34. The molecule has 1 aliphatic heterocycles. The Morgan fingerprint density at radius 1 is 1.29 bits per heavy atom. The van der Waals surface area contributed by atoms with Crippen LogP contribution in [-0.4, -0.2) is 28.3 Å². The molecule has 24 heavy (non-hydrogen) atoms. The first-order chi connectivity index (χ1) is 11.5. The number of Topliss-reactive ketones (excluding diaryl/α,β-unsaturated/α-hetero) is 1. The molecule has 0 saturated carbocycles. The average molecular weight is 345 g/mol. The predicted molar refractivity (Wildman–Crippen MR) is 91.2 cm³/mol. The van der Waals surface area contributed by atoms with E-state index in [9.17, 15) is 14.7 Å².